The normalized spacial score (nSPS) is 34.8. The fourth-order valence-corrected chi connectivity index (χ4v) is 13.6. The summed E-state index contributed by atoms with van der Waals surface area (Å²) in [6, 6.07) is 7.73. The van der Waals surface area contributed by atoms with E-state index in [1.807, 2.05) is 42.2 Å². The monoisotopic (exact) mass is 858 g/mol. The molecular weight excluding hydrogens is 803 g/mol. The molecule has 1 aromatic heterocycles. The van der Waals surface area contributed by atoms with Crippen molar-refractivity contribution in [2.24, 2.45) is 17.3 Å². The number of esters is 3. The zero-order valence-electron chi connectivity index (χ0n) is 36.4. The van der Waals surface area contributed by atoms with Gasteiger partial charge in [0.25, 0.3) is 0 Å². The van der Waals surface area contributed by atoms with E-state index in [1.165, 1.54) is 28.3 Å². The molecule has 3 aromatic rings. The van der Waals surface area contributed by atoms with E-state index < -0.39 is 75.7 Å². The van der Waals surface area contributed by atoms with Crippen LogP contribution < -0.4 is 9.64 Å². The van der Waals surface area contributed by atoms with Gasteiger partial charge in [-0.1, -0.05) is 19.1 Å². The second-order valence-electron chi connectivity index (χ2n) is 18.7. The van der Waals surface area contributed by atoms with Crippen LogP contribution >= 0.6 is 0 Å². The highest BCUT2D eigenvalue weighted by molar-refractivity contribution is 5.96. The topological polar surface area (TPSA) is 151 Å². The number of methoxy groups -OCH3 is 3. The number of H-pyrrole nitrogens is 1. The summed E-state index contributed by atoms with van der Waals surface area (Å²) in [4.78, 5) is 64.8. The lowest BCUT2D eigenvalue weighted by molar-refractivity contribution is -0.228. The number of fused-ring (bicyclic) bond motifs is 6. The number of alkyl halides is 2. The minimum atomic E-state index is -2.97. The number of anilines is 1. The molecule has 9 rings (SSSR count). The number of aromatic amines is 1. The van der Waals surface area contributed by atoms with Crippen molar-refractivity contribution in [2.75, 3.05) is 66.0 Å². The molecular formula is C47H56F2N4O9. The molecule has 2 bridgehead atoms. The van der Waals surface area contributed by atoms with Crippen LogP contribution in [0.25, 0.3) is 10.9 Å². The molecule has 1 aliphatic carbocycles. The van der Waals surface area contributed by atoms with Crippen molar-refractivity contribution in [3.63, 3.8) is 0 Å². The van der Waals surface area contributed by atoms with Crippen LogP contribution in [0.1, 0.15) is 79.2 Å². The summed E-state index contributed by atoms with van der Waals surface area (Å²) in [6.07, 6.45) is 4.96. The molecule has 5 aliphatic heterocycles. The van der Waals surface area contributed by atoms with Crippen LogP contribution in [0.3, 0.4) is 0 Å². The van der Waals surface area contributed by atoms with Crippen LogP contribution in [0, 0.1) is 17.3 Å². The largest absolute Gasteiger partial charge is 0.496 e. The first-order valence-corrected chi connectivity index (χ1v) is 21.6. The number of aliphatic hydroxyl groups is 1. The van der Waals surface area contributed by atoms with Gasteiger partial charge < -0.3 is 38.8 Å². The summed E-state index contributed by atoms with van der Waals surface area (Å²) in [5.74, 6) is -6.21. The van der Waals surface area contributed by atoms with E-state index >= 15 is 13.6 Å². The number of hydrogen-bond donors (Lipinski definition) is 2. The number of likely N-dealkylation sites (N-methyl/N-ethyl adjacent to an activating group) is 1. The Hall–Kier alpha value is -4.86. The first kappa shape index (κ1) is 42.4. The number of rotatable bonds is 8. The predicted molar refractivity (Wildman–Crippen MR) is 225 cm³/mol. The summed E-state index contributed by atoms with van der Waals surface area (Å²) < 4.78 is 54.5. The fourth-order valence-electron chi connectivity index (χ4n) is 13.6. The number of aldehydes is 1. The van der Waals surface area contributed by atoms with Crippen molar-refractivity contribution in [3.05, 3.63) is 70.4 Å². The van der Waals surface area contributed by atoms with Gasteiger partial charge in [0, 0.05) is 102 Å². The molecule has 2 aromatic carbocycles. The number of nitrogens with one attached hydrogen (secondary N) is 1. The van der Waals surface area contributed by atoms with Crippen molar-refractivity contribution in [1.29, 1.82) is 0 Å². The van der Waals surface area contributed by atoms with Crippen molar-refractivity contribution in [2.45, 2.75) is 93.4 Å². The second kappa shape index (κ2) is 14.6. The zero-order valence-corrected chi connectivity index (χ0v) is 36.4. The Morgan fingerprint density at radius 2 is 1.79 bits per heavy atom. The number of carbonyl (C=O) groups is 4. The molecule has 15 heteroatoms. The zero-order chi connectivity index (χ0) is 44.3. The lowest BCUT2D eigenvalue weighted by Crippen LogP contribution is -2.81. The molecule has 2 saturated heterocycles. The number of benzene rings is 2. The van der Waals surface area contributed by atoms with Gasteiger partial charge in [-0.15, -0.1) is 0 Å². The summed E-state index contributed by atoms with van der Waals surface area (Å²) in [6.45, 7) is 6.48. The van der Waals surface area contributed by atoms with E-state index in [2.05, 4.69) is 14.8 Å². The molecule has 1 spiro atoms. The van der Waals surface area contributed by atoms with Crippen LogP contribution in [-0.4, -0.2) is 135 Å². The molecule has 2 N–H and O–H groups in total. The highest BCUT2D eigenvalue weighted by Crippen LogP contribution is 2.68. The summed E-state index contributed by atoms with van der Waals surface area (Å²) >= 11 is 0. The van der Waals surface area contributed by atoms with Crippen molar-refractivity contribution >= 4 is 40.8 Å². The number of aromatic nitrogens is 1. The molecule has 0 radical (unpaired) electrons. The molecule has 3 fully saturated rings. The highest BCUT2D eigenvalue weighted by atomic mass is 19.3. The molecule has 1 saturated carbocycles. The van der Waals surface area contributed by atoms with Gasteiger partial charge in [-0.2, -0.15) is 0 Å². The fraction of sp³-hybridized carbons (Fsp3) is 0.574. The Morgan fingerprint density at radius 3 is 2.45 bits per heavy atom. The van der Waals surface area contributed by atoms with Gasteiger partial charge in [-0.05, 0) is 86.9 Å². The van der Waals surface area contributed by atoms with Crippen LogP contribution in [-0.2, 0) is 45.8 Å². The molecule has 6 heterocycles. The second-order valence-corrected chi connectivity index (χ2v) is 18.7. The number of hydrogen-bond acceptors (Lipinski definition) is 12. The quantitative estimate of drug-likeness (QED) is 0.137. The Morgan fingerprint density at radius 1 is 1.03 bits per heavy atom. The smallest absolute Gasteiger partial charge is 0.344 e. The molecule has 6 aliphatic rings. The van der Waals surface area contributed by atoms with Gasteiger partial charge in [0.2, 0.25) is 11.5 Å². The minimum absolute atomic E-state index is 0.0857. The van der Waals surface area contributed by atoms with Crippen LogP contribution in [0.5, 0.6) is 5.75 Å². The Balaban J connectivity index is 1.37. The lowest BCUT2D eigenvalue weighted by atomic mass is 9.47. The minimum Gasteiger partial charge on any atom is -0.496 e. The summed E-state index contributed by atoms with van der Waals surface area (Å²) in [5.41, 5.74) is -1.80. The molecule has 2 unspecified atom stereocenters. The highest BCUT2D eigenvalue weighted by Gasteiger charge is 2.80. The average molecular weight is 859 g/mol. The predicted octanol–water partition coefficient (Wildman–Crippen LogP) is 4.93. The summed E-state index contributed by atoms with van der Waals surface area (Å²) in [5, 5.41) is 14.1. The van der Waals surface area contributed by atoms with Crippen LogP contribution in [0.4, 0.5) is 14.5 Å². The third kappa shape index (κ3) is 5.58. The number of ether oxygens (including phenoxy) is 4. The maximum atomic E-state index is 15.4. The van der Waals surface area contributed by atoms with Gasteiger partial charge in [-0.25, -0.2) is 13.6 Å². The van der Waals surface area contributed by atoms with Gasteiger partial charge in [-0.3, -0.25) is 19.3 Å². The number of piperidine rings is 1. The Kier molecular flexibility index (Phi) is 9.99. The van der Waals surface area contributed by atoms with Gasteiger partial charge in [0.1, 0.15) is 17.5 Å². The maximum absolute atomic E-state index is 15.4. The molecule has 0 amide bonds. The third-order valence-electron chi connectivity index (χ3n) is 15.8. The number of halogens is 2. The maximum Gasteiger partial charge on any atom is 0.344 e. The van der Waals surface area contributed by atoms with Gasteiger partial charge in [0.05, 0.1) is 27.4 Å². The summed E-state index contributed by atoms with van der Waals surface area (Å²) in [7, 11) is 5.85. The SMILES string of the molecule is CC[C@]12C=CCN3CC[C@@]4(c5cc([C@@]6(C(=O)OC)C[C@H]7CC(C(C)(F)F)CN(CCc8c6[nH]c6ccc(C=O)cc86)C7)c(OC)cc5N(C)[C@H]4[C@@](O)(C(=O)OC)[C@@H]1OC(C)=O)[C@@H]32. The van der Waals surface area contributed by atoms with Crippen molar-refractivity contribution in [1.82, 2.24) is 14.8 Å². The van der Waals surface area contributed by atoms with Gasteiger partial charge >= 0.3 is 17.9 Å². The van der Waals surface area contributed by atoms with E-state index in [9.17, 15) is 19.5 Å². The first-order valence-electron chi connectivity index (χ1n) is 21.6. The number of carbonyl (C=O) groups excluding carboxylic acids is 4. The third-order valence-corrected chi connectivity index (χ3v) is 15.8. The molecule has 10 atom stereocenters. The molecule has 332 valence electrons. The average Bonchev–Trinajstić information content (AvgIpc) is 3.91. The van der Waals surface area contributed by atoms with E-state index in [4.69, 9.17) is 18.9 Å². The standard InChI is InChI=1S/C47H56F2N4O9/c1-8-44-13-9-15-53-17-14-45(38(44)53)32-20-33(36(59-5)21-35(32)51(4)39(45)47(58,42(57)61-7)40(44)62-26(2)55)46(41(56)60-6)22-28-18-29(43(3,48)49)24-52(23-28)16-12-30-31-19-27(25-54)10-11-34(31)50-37(30)46/h9-11,13,19-21,25,28-29,38-40,50,58H,8,12,14-18,22-24H2,1-7H3/t28-,29?,38+,39-,40-,44-,45-,46+,47+/m1/s1. The molecule has 62 heavy (non-hydrogen) atoms. The van der Waals surface area contributed by atoms with Crippen LogP contribution in [0.2, 0.25) is 0 Å². The van der Waals surface area contributed by atoms with E-state index in [0.29, 0.717) is 79.2 Å². The molecule has 13 nitrogen and oxygen atoms in total. The Labute approximate surface area is 359 Å². The van der Waals surface area contributed by atoms with Crippen molar-refractivity contribution < 1.29 is 52.0 Å². The lowest BCUT2D eigenvalue weighted by Gasteiger charge is -2.63. The first-order chi connectivity index (χ1) is 29.5. The van der Waals surface area contributed by atoms with E-state index in [1.54, 1.807) is 19.2 Å². The van der Waals surface area contributed by atoms with E-state index in [-0.39, 0.29) is 19.4 Å². The van der Waals surface area contributed by atoms with Crippen molar-refractivity contribution in [3.8, 4) is 5.75 Å². The van der Waals surface area contributed by atoms with Crippen LogP contribution in [0.15, 0.2) is 42.5 Å². The number of nitrogens with zero attached hydrogens (tertiary/aromatic N) is 3. The van der Waals surface area contributed by atoms with Gasteiger partial charge in [0.15, 0.2) is 6.10 Å². The van der Waals surface area contributed by atoms with E-state index in [0.717, 1.165) is 29.7 Å². The Bertz CT molecular complexity index is 2400.